The number of nitrogens with zero attached hydrogens (tertiary/aromatic N) is 4. The number of rotatable bonds is 17. The van der Waals surface area contributed by atoms with E-state index < -0.39 is 131 Å². The van der Waals surface area contributed by atoms with Gasteiger partial charge in [0.05, 0.1) is 10.5 Å². The van der Waals surface area contributed by atoms with E-state index in [2.05, 4.69) is 33.2 Å². The van der Waals surface area contributed by atoms with Crippen LogP contribution in [0.5, 0.6) is 5.75 Å². The van der Waals surface area contributed by atoms with Crippen LogP contribution in [0.15, 0.2) is 73.5 Å². The fraction of sp³-hybridized carbons (Fsp3) is 0.537. The monoisotopic (exact) mass is 1040 g/mol. The molecule has 4 rings (SSSR count). The topological polar surface area (TPSA) is 295 Å². The average molecular weight is 1040 g/mol. The Morgan fingerprint density at radius 3 is 1.87 bits per heavy atom. The van der Waals surface area contributed by atoms with E-state index in [4.69, 9.17) is 0 Å². The molecule has 1 fully saturated rings. The molecule has 1 aliphatic rings. The SMILES string of the molecule is C=CC(C)(C)n1cc(C[C@@H]2NC(=O)[C@H](CC=CC)NC(=O)[C@H](CC(C)C)NC(=O)[C@H](CC(CO)CO)N(C)C(=O)[C@H](C)NC(=O)[C@H](Cc3ccc(O)c([N+](=O)[O-])c3)NC(=O)[C@H](CC(C)C)N(C)C2=O)c2ccccc21. The van der Waals surface area contributed by atoms with Crippen LogP contribution in [0.4, 0.5) is 5.69 Å². The number of phenolic OH excluding ortho intramolecular Hbond substituents is 1. The molecule has 0 aliphatic carbocycles. The number of carbonyl (C=O) groups excluding carboxylic acids is 7. The van der Waals surface area contributed by atoms with Crippen LogP contribution in [0, 0.1) is 27.9 Å². The summed E-state index contributed by atoms with van der Waals surface area (Å²) in [5.41, 5.74) is 0.333. The number of fused-ring (bicyclic) bond motifs is 1. The Balaban J connectivity index is 1.98. The Labute approximate surface area is 438 Å². The number of nitro groups is 1. The van der Waals surface area contributed by atoms with Gasteiger partial charge in [0.1, 0.15) is 42.3 Å². The van der Waals surface area contributed by atoms with E-state index >= 15 is 4.79 Å². The van der Waals surface area contributed by atoms with Crippen molar-refractivity contribution in [1.82, 2.24) is 41.0 Å². The molecule has 7 atom stereocenters. The van der Waals surface area contributed by atoms with Crippen molar-refractivity contribution in [2.45, 2.75) is 142 Å². The first kappa shape index (κ1) is 60.4. The first-order chi connectivity index (χ1) is 35.3. The van der Waals surface area contributed by atoms with Gasteiger partial charge in [0.2, 0.25) is 41.4 Å². The molecule has 8 N–H and O–H groups in total. The van der Waals surface area contributed by atoms with Crippen molar-refractivity contribution in [2.75, 3.05) is 27.3 Å². The highest BCUT2D eigenvalue weighted by molar-refractivity contribution is 5.99. The van der Waals surface area contributed by atoms with E-state index in [1.165, 1.54) is 32.0 Å². The molecule has 0 bridgehead atoms. The van der Waals surface area contributed by atoms with Gasteiger partial charge in [-0.3, -0.25) is 43.7 Å². The predicted molar refractivity (Wildman–Crippen MR) is 283 cm³/mol. The molecule has 1 aromatic heterocycles. The molecule has 1 saturated heterocycles. The summed E-state index contributed by atoms with van der Waals surface area (Å²) in [6.07, 6.45) is 6.26. The molecule has 2 heterocycles. The number of allylic oxidation sites excluding steroid dienone is 2. The minimum Gasteiger partial charge on any atom is -0.502 e. The van der Waals surface area contributed by atoms with Gasteiger partial charge in [-0.05, 0) is 88.5 Å². The molecule has 7 amide bonds. The zero-order valence-corrected chi connectivity index (χ0v) is 44.8. The van der Waals surface area contributed by atoms with Gasteiger partial charge in [-0.25, -0.2) is 0 Å². The predicted octanol–water partition coefficient (Wildman–Crippen LogP) is 3.12. The number of hydrogen-bond acceptors (Lipinski definition) is 12. The minimum atomic E-state index is -1.57. The number of amides is 7. The summed E-state index contributed by atoms with van der Waals surface area (Å²) in [6.45, 7) is 17.1. The number of likely N-dealkylation sites (N-methyl/N-ethyl adjacent to an activating group) is 2. The number of para-hydroxylation sites is 1. The number of benzene rings is 2. The van der Waals surface area contributed by atoms with E-state index in [1.807, 2.05) is 76.6 Å². The van der Waals surface area contributed by atoms with Gasteiger partial charge in [0.15, 0.2) is 5.75 Å². The molecule has 21 heteroatoms. The third-order valence-electron chi connectivity index (χ3n) is 13.6. The van der Waals surface area contributed by atoms with Crippen LogP contribution >= 0.6 is 0 Å². The molecular formula is C54H77N9O12. The number of aliphatic hydroxyl groups excluding tert-OH is 2. The zero-order chi connectivity index (χ0) is 56.1. The lowest BCUT2D eigenvalue weighted by molar-refractivity contribution is -0.385. The van der Waals surface area contributed by atoms with Crippen molar-refractivity contribution in [1.29, 1.82) is 0 Å². The first-order valence-corrected chi connectivity index (χ1v) is 25.4. The second kappa shape index (κ2) is 26.9. The molecule has 75 heavy (non-hydrogen) atoms. The van der Waals surface area contributed by atoms with Crippen molar-refractivity contribution in [3.05, 3.63) is 94.7 Å². The summed E-state index contributed by atoms with van der Waals surface area (Å²) in [7, 11) is 2.67. The van der Waals surface area contributed by atoms with E-state index in [0.29, 0.717) is 5.56 Å². The van der Waals surface area contributed by atoms with Crippen LogP contribution in [0.1, 0.15) is 92.2 Å². The number of aliphatic hydroxyl groups is 2. The van der Waals surface area contributed by atoms with Gasteiger partial charge in [0.25, 0.3) is 0 Å². The molecule has 1 aliphatic heterocycles. The summed E-state index contributed by atoms with van der Waals surface area (Å²) in [6, 6.07) is 1.24. The molecule has 0 saturated carbocycles. The molecule has 410 valence electrons. The molecule has 2 aromatic carbocycles. The number of phenols is 1. The van der Waals surface area contributed by atoms with E-state index in [0.717, 1.165) is 27.9 Å². The van der Waals surface area contributed by atoms with Crippen LogP contribution in [0.25, 0.3) is 10.9 Å². The Kier molecular flexibility index (Phi) is 21.7. The van der Waals surface area contributed by atoms with Gasteiger partial charge in [-0.15, -0.1) is 6.58 Å². The van der Waals surface area contributed by atoms with Crippen LogP contribution < -0.4 is 26.6 Å². The average Bonchev–Trinajstić information content (AvgIpc) is 3.74. The minimum absolute atomic E-state index is 0.0442. The van der Waals surface area contributed by atoms with Crippen molar-refractivity contribution in [3.8, 4) is 5.75 Å². The van der Waals surface area contributed by atoms with Crippen molar-refractivity contribution in [2.24, 2.45) is 17.8 Å². The number of nitrogens with one attached hydrogen (secondary N) is 5. The molecule has 0 spiro atoms. The number of hydrogen-bond donors (Lipinski definition) is 8. The smallest absolute Gasteiger partial charge is 0.310 e. The second-order valence-corrected chi connectivity index (χ2v) is 20.8. The maximum Gasteiger partial charge on any atom is 0.310 e. The van der Waals surface area contributed by atoms with Gasteiger partial charge >= 0.3 is 5.69 Å². The second-order valence-electron chi connectivity index (χ2n) is 20.8. The quantitative estimate of drug-likeness (QED) is 0.0550. The Morgan fingerprint density at radius 2 is 1.28 bits per heavy atom. The lowest BCUT2D eigenvalue weighted by Crippen LogP contribution is -2.60. The van der Waals surface area contributed by atoms with Crippen molar-refractivity contribution in [3.63, 3.8) is 0 Å². The zero-order valence-electron chi connectivity index (χ0n) is 44.8. The van der Waals surface area contributed by atoms with Crippen molar-refractivity contribution >= 4 is 57.9 Å². The lowest BCUT2D eigenvalue weighted by Gasteiger charge is -2.34. The fourth-order valence-electron chi connectivity index (χ4n) is 9.07. The van der Waals surface area contributed by atoms with Gasteiger partial charge < -0.3 is 56.3 Å². The molecule has 21 nitrogen and oxygen atoms in total. The standard InChI is InChI=1S/C54H77N9O12/c1-12-14-18-38-47(67)59-41(27-36-28-62(54(8,9)13-2)42-19-16-15-17-37(36)42)53(73)61(11)44(23-32(5)6)50(70)58-40(24-34-20-21-46(66)43(25-34)63(74)75)48(68)55-33(7)52(72)60(10)45(26-35(29-64)30-65)51(71)57-39(22-31(3)4)49(69)56-38/h12-17,19-21,25,28,31-33,35,38-41,44-45,64-66H,2,18,22-24,26-27,29-30H2,1,3-11H3,(H,55,68)(H,56,69)(H,57,71)(H,58,70)(H,59,67)/t33-,38-,39-,40-,41-,44-,45-/m0/s1. The number of aromatic hydroxyl groups is 1. The number of carbonyl (C=O) groups is 7. The Morgan fingerprint density at radius 1 is 0.733 bits per heavy atom. The summed E-state index contributed by atoms with van der Waals surface area (Å²) < 4.78 is 2.00. The summed E-state index contributed by atoms with van der Waals surface area (Å²) in [5.74, 6) is -7.65. The summed E-state index contributed by atoms with van der Waals surface area (Å²) in [4.78, 5) is 116. The fourth-order valence-corrected chi connectivity index (χ4v) is 9.07. The highest BCUT2D eigenvalue weighted by atomic mass is 16.6. The molecule has 3 aromatic rings. The third kappa shape index (κ3) is 15.7. The maximum absolute atomic E-state index is 15.3. The highest BCUT2D eigenvalue weighted by Crippen LogP contribution is 2.31. The summed E-state index contributed by atoms with van der Waals surface area (Å²) >= 11 is 0. The summed E-state index contributed by atoms with van der Waals surface area (Å²) in [5, 5.41) is 56.9. The Bertz CT molecular complexity index is 2590. The lowest BCUT2D eigenvalue weighted by atomic mass is 9.97. The maximum atomic E-state index is 15.3. The van der Waals surface area contributed by atoms with Crippen molar-refractivity contribution < 1.29 is 53.8 Å². The van der Waals surface area contributed by atoms with Crippen LogP contribution in [-0.2, 0) is 51.9 Å². The van der Waals surface area contributed by atoms with Crippen LogP contribution in [0.3, 0.4) is 0 Å². The van der Waals surface area contributed by atoms with Crippen LogP contribution in [0.2, 0.25) is 0 Å². The van der Waals surface area contributed by atoms with Gasteiger partial charge in [-0.2, -0.15) is 0 Å². The first-order valence-electron chi connectivity index (χ1n) is 25.4. The molecule has 0 unspecified atom stereocenters. The Hall–Kier alpha value is -7.13. The normalized spacial score (nSPS) is 22.5. The molecular weight excluding hydrogens is 967 g/mol. The number of aromatic nitrogens is 1. The van der Waals surface area contributed by atoms with E-state index in [1.54, 1.807) is 25.2 Å². The van der Waals surface area contributed by atoms with Crippen LogP contribution in [-0.4, -0.2) is 146 Å². The number of nitro benzene ring substituents is 1. The largest absolute Gasteiger partial charge is 0.502 e. The van der Waals surface area contributed by atoms with E-state index in [-0.39, 0.29) is 49.5 Å². The van der Waals surface area contributed by atoms with Gasteiger partial charge in [-0.1, -0.05) is 70.2 Å². The van der Waals surface area contributed by atoms with Gasteiger partial charge in [0, 0.05) is 69.2 Å². The highest BCUT2D eigenvalue weighted by Gasteiger charge is 2.39. The van der Waals surface area contributed by atoms with E-state index in [9.17, 15) is 54.2 Å². The molecule has 0 radical (unpaired) electrons. The third-order valence-corrected chi connectivity index (χ3v) is 13.6.